The first-order valence-corrected chi connectivity index (χ1v) is 8.06. The van der Waals surface area contributed by atoms with Crippen LogP contribution in [0.15, 0.2) is 0 Å². The Balaban J connectivity index is 1.55. The van der Waals surface area contributed by atoms with Crippen LogP contribution in [0.3, 0.4) is 0 Å². The summed E-state index contributed by atoms with van der Waals surface area (Å²) in [5, 5.41) is 5.86. The van der Waals surface area contributed by atoms with E-state index in [1.165, 1.54) is 0 Å². The van der Waals surface area contributed by atoms with Gasteiger partial charge in [-0.1, -0.05) is 0 Å². The molecule has 0 aromatic rings. The van der Waals surface area contributed by atoms with Gasteiger partial charge in [0.25, 0.3) is 0 Å². The molecule has 0 radical (unpaired) electrons. The van der Waals surface area contributed by atoms with Crippen LogP contribution in [0.1, 0.15) is 32.6 Å². The van der Waals surface area contributed by atoms with Gasteiger partial charge in [-0.15, -0.1) is 0 Å². The van der Waals surface area contributed by atoms with E-state index in [0.717, 1.165) is 19.3 Å². The van der Waals surface area contributed by atoms with E-state index in [0.29, 0.717) is 19.8 Å². The summed E-state index contributed by atoms with van der Waals surface area (Å²) in [7, 11) is 0. The smallest absolute Gasteiger partial charge is 0.315 e. The van der Waals surface area contributed by atoms with Crippen molar-refractivity contribution in [2.75, 3.05) is 26.4 Å². The molecule has 2 heterocycles. The Kier molecular flexibility index (Phi) is 4.54. The third-order valence-electron chi connectivity index (χ3n) is 5.08. The van der Waals surface area contributed by atoms with Crippen molar-refractivity contribution in [1.29, 1.82) is 0 Å². The van der Waals surface area contributed by atoms with Gasteiger partial charge in [0.1, 0.15) is 6.61 Å². The van der Waals surface area contributed by atoms with E-state index in [1.54, 1.807) is 0 Å². The molecule has 22 heavy (non-hydrogen) atoms. The molecule has 2 unspecified atom stereocenters. The number of hydrogen-bond acceptors (Lipinski definition) is 5. The second-order valence-corrected chi connectivity index (χ2v) is 6.28. The highest BCUT2D eigenvalue weighted by molar-refractivity contribution is 5.78. The van der Waals surface area contributed by atoms with Crippen molar-refractivity contribution in [3.63, 3.8) is 0 Å². The molecule has 1 saturated carbocycles. The Hall–Kier alpha value is -1.34. The highest BCUT2D eigenvalue weighted by Gasteiger charge is 2.56. The molecular formula is C15H24N2O5. The van der Waals surface area contributed by atoms with Crippen LogP contribution in [0.2, 0.25) is 0 Å². The van der Waals surface area contributed by atoms with Crippen LogP contribution in [-0.4, -0.2) is 56.6 Å². The number of cyclic esters (lactones) is 1. The summed E-state index contributed by atoms with van der Waals surface area (Å²) in [4.78, 5) is 23.2. The molecule has 2 N–H and O–H groups in total. The van der Waals surface area contributed by atoms with Crippen LogP contribution in [0, 0.1) is 5.41 Å². The summed E-state index contributed by atoms with van der Waals surface area (Å²) < 4.78 is 16.2. The lowest BCUT2D eigenvalue weighted by molar-refractivity contribution is -0.169. The minimum absolute atomic E-state index is 0.00635. The average molecular weight is 312 g/mol. The zero-order chi connectivity index (χ0) is 15.6. The third-order valence-corrected chi connectivity index (χ3v) is 5.08. The van der Waals surface area contributed by atoms with Crippen molar-refractivity contribution in [3.8, 4) is 0 Å². The van der Waals surface area contributed by atoms with Crippen molar-refractivity contribution >= 4 is 12.0 Å². The highest BCUT2D eigenvalue weighted by atomic mass is 16.5. The number of nitrogens with one attached hydrogen (secondary N) is 2. The van der Waals surface area contributed by atoms with E-state index in [-0.39, 0.29) is 48.6 Å². The van der Waals surface area contributed by atoms with Crippen LogP contribution < -0.4 is 10.6 Å². The summed E-state index contributed by atoms with van der Waals surface area (Å²) in [5.74, 6) is -0.258. The normalized spacial score (nSPS) is 33.1. The number of esters is 1. The van der Waals surface area contributed by atoms with Gasteiger partial charge in [0.05, 0.1) is 18.6 Å². The van der Waals surface area contributed by atoms with Gasteiger partial charge in [-0.05, 0) is 26.2 Å². The summed E-state index contributed by atoms with van der Waals surface area (Å²) in [6.07, 6.45) is 3.10. The van der Waals surface area contributed by atoms with E-state index in [1.807, 2.05) is 6.92 Å². The molecule has 0 aromatic carbocycles. The standard InChI is InChI=1S/C15H24N2O5/c1-2-21-12-8-11(15(12)3-5-20-6-4-15)17-14(19)16-10-7-13(18)22-9-10/h10-12H,2-9H2,1H3,(H2,16,17,19)/t10-,11?,12?/m0/s1. The highest BCUT2D eigenvalue weighted by Crippen LogP contribution is 2.50. The van der Waals surface area contributed by atoms with Crippen LogP contribution >= 0.6 is 0 Å². The number of amides is 2. The van der Waals surface area contributed by atoms with E-state index >= 15 is 0 Å². The number of urea groups is 1. The molecule has 2 aliphatic heterocycles. The molecule has 1 spiro atoms. The molecule has 3 aliphatic rings. The zero-order valence-electron chi connectivity index (χ0n) is 12.9. The second-order valence-electron chi connectivity index (χ2n) is 6.28. The molecule has 0 bridgehead atoms. The lowest BCUT2D eigenvalue weighted by Gasteiger charge is -2.57. The molecule has 0 aromatic heterocycles. The number of rotatable bonds is 4. The van der Waals surface area contributed by atoms with Crippen molar-refractivity contribution in [2.45, 2.75) is 50.8 Å². The molecule has 1 aliphatic carbocycles. The maximum absolute atomic E-state index is 12.1. The monoisotopic (exact) mass is 312 g/mol. The SMILES string of the molecule is CCOC1CC(NC(=O)N[C@@H]2COC(=O)C2)C12CCOCC2. The number of hydrogen-bond donors (Lipinski definition) is 2. The molecule has 2 amide bonds. The Morgan fingerprint density at radius 2 is 2.14 bits per heavy atom. The predicted octanol–water partition coefficient (Wildman–Crippen LogP) is 0.575. The van der Waals surface area contributed by atoms with Gasteiger partial charge < -0.3 is 24.8 Å². The van der Waals surface area contributed by atoms with Crippen LogP contribution in [-0.2, 0) is 19.0 Å². The summed E-state index contributed by atoms with van der Waals surface area (Å²) in [5.41, 5.74) is -0.00635. The van der Waals surface area contributed by atoms with Gasteiger partial charge in [-0.3, -0.25) is 4.79 Å². The maximum Gasteiger partial charge on any atom is 0.315 e. The summed E-state index contributed by atoms with van der Waals surface area (Å²) in [6.45, 7) is 4.38. The Morgan fingerprint density at radius 3 is 2.77 bits per heavy atom. The molecule has 3 rings (SSSR count). The molecule has 7 nitrogen and oxygen atoms in total. The Labute approximate surface area is 130 Å². The molecule has 2 saturated heterocycles. The van der Waals surface area contributed by atoms with Gasteiger partial charge in [-0.25, -0.2) is 4.79 Å². The van der Waals surface area contributed by atoms with E-state index in [2.05, 4.69) is 10.6 Å². The van der Waals surface area contributed by atoms with Gasteiger partial charge in [-0.2, -0.15) is 0 Å². The van der Waals surface area contributed by atoms with Crippen molar-refractivity contribution in [3.05, 3.63) is 0 Å². The van der Waals surface area contributed by atoms with Gasteiger partial charge in [0.15, 0.2) is 0 Å². The quantitative estimate of drug-likeness (QED) is 0.742. The fraction of sp³-hybridized carbons (Fsp3) is 0.867. The molecule has 3 atom stereocenters. The van der Waals surface area contributed by atoms with Crippen LogP contribution in [0.25, 0.3) is 0 Å². The molecule has 3 fully saturated rings. The first-order valence-electron chi connectivity index (χ1n) is 8.06. The number of ether oxygens (including phenoxy) is 3. The molecule has 7 heteroatoms. The van der Waals surface area contributed by atoms with Gasteiger partial charge in [0.2, 0.25) is 0 Å². The topological polar surface area (TPSA) is 85.9 Å². The van der Waals surface area contributed by atoms with Gasteiger partial charge >= 0.3 is 12.0 Å². The average Bonchev–Trinajstić information content (AvgIpc) is 2.92. The van der Waals surface area contributed by atoms with Gasteiger partial charge in [0, 0.05) is 31.3 Å². The first kappa shape index (κ1) is 15.6. The number of carbonyl (C=O) groups excluding carboxylic acids is 2. The summed E-state index contributed by atoms with van der Waals surface area (Å²) in [6, 6.07) is -0.346. The fourth-order valence-electron chi connectivity index (χ4n) is 3.80. The predicted molar refractivity (Wildman–Crippen MR) is 77.3 cm³/mol. The lowest BCUT2D eigenvalue weighted by Crippen LogP contribution is -2.67. The van der Waals surface area contributed by atoms with Crippen molar-refractivity contribution < 1.29 is 23.8 Å². The van der Waals surface area contributed by atoms with E-state index < -0.39 is 0 Å². The largest absolute Gasteiger partial charge is 0.463 e. The fourth-order valence-corrected chi connectivity index (χ4v) is 3.80. The minimum Gasteiger partial charge on any atom is -0.463 e. The molecular weight excluding hydrogens is 288 g/mol. The first-order chi connectivity index (χ1) is 10.6. The lowest BCUT2D eigenvalue weighted by atomic mass is 9.57. The van der Waals surface area contributed by atoms with Crippen molar-refractivity contribution in [2.24, 2.45) is 5.41 Å². The maximum atomic E-state index is 12.1. The van der Waals surface area contributed by atoms with Crippen LogP contribution in [0.5, 0.6) is 0 Å². The zero-order valence-corrected chi connectivity index (χ0v) is 12.9. The van der Waals surface area contributed by atoms with E-state index in [4.69, 9.17) is 14.2 Å². The number of carbonyl (C=O) groups is 2. The second kappa shape index (κ2) is 6.42. The van der Waals surface area contributed by atoms with E-state index in [9.17, 15) is 9.59 Å². The van der Waals surface area contributed by atoms with Crippen molar-refractivity contribution in [1.82, 2.24) is 10.6 Å². The Morgan fingerprint density at radius 1 is 1.36 bits per heavy atom. The minimum atomic E-state index is -0.258. The summed E-state index contributed by atoms with van der Waals surface area (Å²) >= 11 is 0. The Bertz CT molecular complexity index is 436. The molecule has 124 valence electrons. The third kappa shape index (κ3) is 2.92. The van der Waals surface area contributed by atoms with Crippen LogP contribution in [0.4, 0.5) is 4.79 Å².